The van der Waals surface area contributed by atoms with Crippen LogP contribution in [0.3, 0.4) is 0 Å². The average molecular weight is 357 g/mol. The van der Waals surface area contributed by atoms with Crippen LogP contribution in [-0.2, 0) is 6.54 Å². The maximum absolute atomic E-state index is 12.8. The fourth-order valence-corrected chi connectivity index (χ4v) is 3.69. The number of nitrogens with zero attached hydrogens (tertiary/aromatic N) is 2. The maximum Gasteiger partial charge on any atom is 0.265 e. The molecule has 1 amide bonds. The van der Waals surface area contributed by atoms with Crippen LogP contribution in [0, 0.1) is 6.92 Å². The van der Waals surface area contributed by atoms with Gasteiger partial charge in [-0.1, -0.05) is 54.1 Å². The van der Waals surface area contributed by atoms with E-state index in [1.54, 1.807) is 4.90 Å². The molecule has 2 aromatic carbocycles. The van der Waals surface area contributed by atoms with Crippen molar-refractivity contribution < 1.29 is 4.79 Å². The van der Waals surface area contributed by atoms with Crippen LogP contribution in [0.1, 0.15) is 20.9 Å². The summed E-state index contributed by atoms with van der Waals surface area (Å²) in [5.74, 6) is -0.0119. The number of halogens is 1. The van der Waals surface area contributed by atoms with Crippen LogP contribution >= 0.6 is 22.9 Å². The smallest absolute Gasteiger partial charge is 0.265 e. The molecule has 0 unspecified atom stereocenters. The van der Waals surface area contributed by atoms with Gasteiger partial charge in [0.2, 0.25) is 0 Å². The highest BCUT2D eigenvalue weighted by molar-refractivity contribution is 7.17. The number of carbonyl (C=O) groups is 1. The Balaban J connectivity index is 1.83. The third-order valence-corrected chi connectivity index (χ3v) is 5.10. The normalized spacial score (nSPS) is 10.6. The van der Waals surface area contributed by atoms with E-state index in [4.69, 9.17) is 11.6 Å². The molecule has 1 aromatic heterocycles. The lowest BCUT2D eigenvalue weighted by atomic mass is 10.2. The molecule has 0 aliphatic heterocycles. The third-order valence-electron chi connectivity index (χ3n) is 3.67. The molecule has 3 aromatic rings. The summed E-state index contributed by atoms with van der Waals surface area (Å²) in [5, 5.41) is 1.47. The van der Waals surface area contributed by atoms with Crippen LogP contribution in [-0.4, -0.2) is 22.8 Å². The Hall–Kier alpha value is -2.17. The van der Waals surface area contributed by atoms with Crippen LogP contribution in [0.4, 0.5) is 0 Å². The Kier molecular flexibility index (Phi) is 4.97. The lowest BCUT2D eigenvalue weighted by molar-refractivity contribution is 0.0789. The zero-order valence-corrected chi connectivity index (χ0v) is 15.1. The molecule has 0 aliphatic rings. The van der Waals surface area contributed by atoms with Crippen molar-refractivity contribution in [3.05, 3.63) is 75.8 Å². The Bertz CT molecular complexity index is 861. The summed E-state index contributed by atoms with van der Waals surface area (Å²) in [6.07, 6.45) is 0. The summed E-state index contributed by atoms with van der Waals surface area (Å²) < 4.78 is 0. The number of amides is 1. The lowest BCUT2D eigenvalue weighted by Gasteiger charge is -2.16. The Morgan fingerprint density at radius 2 is 1.92 bits per heavy atom. The van der Waals surface area contributed by atoms with Gasteiger partial charge in [-0.25, -0.2) is 4.98 Å². The van der Waals surface area contributed by atoms with Gasteiger partial charge < -0.3 is 4.90 Å². The molecule has 0 aliphatic carbocycles. The van der Waals surface area contributed by atoms with Gasteiger partial charge in [0.05, 0.1) is 5.69 Å². The number of benzene rings is 2. The van der Waals surface area contributed by atoms with E-state index in [0.717, 1.165) is 21.8 Å². The minimum atomic E-state index is -0.0119. The van der Waals surface area contributed by atoms with Crippen molar-refractivity contribution in [1.29, 1.82) is 0 Å². The number of hydrogen-bond donors (Lipinski definition) is 0. The van der Waals surface area contributed by atoms with Gasteiger partial charge in [0, 0.05) is 24.2 Å². The number of aromatic nitrogens is 1. The highest BCUT2D eigenvalue weighted by Crippen LogP contribution is 2.30. The first-order valence-electron chi connectivity index (χ1n) is 7.57. The highest BCUT2D eigenvalue weighted by atomic mass is 35.5. The molecule has 0 saturated heterocycles. The van der Waals surface area contributed by atoms with Crippen molar-refractivity contribution in [3.8, 4) is 10.6 Å². The molecule has 5 heteroatoms. The van der Waals surface area contributed by atoms with Crippen LogP contribution < -0.4 is 0 Å². The minimum Gasteiger partial charge on any atom is -0.337 e. The number of thiazole rings is 1. The van der Waals surface area contributed by atoms with Gasteiger partial charge in [-0.15, -0.1) is 11.3 Å². The molecule has 24 heavy (non-hydrogen) atoms. The van der Waals surface area contributed by atoms with Gasteiger partial charge in [-0.05, 0) is 24.6 Å². The lowest BCUT2D eigenvalue weighted by Crippen LogP contribution is -2.26. The third kappa shape index (κ3) is 3.66. The summed E-state index contributed by atoms with van der Waals surface area (Å²) in [5.41, 5.74) is 2.78. The molecule has 0 N–H and O–H groups in total. The first-order chi connectivity index (χ1) is 11.5. The van der Waals surface area contributed by atoms with Crippen molar-refractivity contribution in [2.24, 2.45) is 0 Å². The molecular formula is C19H17ClN2OS. The second kappa shape index (κ2) is 7.16. The van der Waals surface area contributed by atoms with E-state index in [1.807, 2.05) is 68.6 Å². The quantitative estimate of drug-likeness (QED) is 0.655. The summed E-state index contributed by atoms with van der Waals surface area (Å²) >= 11 is 7.45. The van der Waals surface area contributed by atoms with Crippen LogP contribution in [0.5, 0.6) is 0 Å². The molecule has 0 atom stereocenters. The number of carbonyl (C=O) groups excluding carboxylic acids is 1. The largest absolute Gasteiger partial charge is 0.337 e. The van der Waals surface area contributed by atoms with E-state index >= 15 is 0 Å². The molecule has 0 fully saturated rings. The zero-order valence-electron chi connectivity index (χ0n) is 13.5. The maximum atomic E-state index is 12.8. The molecule has 3 rings (SSSR count). The summed E-state index contributed by atoms with van der Waals surface area (Å²) in [4.78, 5) is 19.7. The SMILES string of the molecule is Cc1nc(-c2cccc(Cl)c2)sc1C(=O)N(C)Cc1ccccc1. The summed E-state index contributed by atoms with van der Waals surface area (Å²) in [7, 11) is 1.81. The van der Waals surface area contributed by atoms with Crippen molar-refractivity contribution in [3.63, 3.8) is 0 Å². The molecule has 3 nitrogen and oxygen atoms in total. The average Bonchev–Trinajstić information content (AvgIpc) is 2.97. The summed E-state index contributed by atoms with van der Waals surface area (Å²) in [6, 6.07) is 17.5. The van der Waals surface area contributed by atoms with Crippen molar-refractivity contribution in [2.45, 2.75) is 13.5 Å². The van der Waals surface area contributed by atoms with Crippen LogP contribution in [0.15, 0.2) is 54.6 Å². The van der Waals surface area contributed by atoms with Crippen molar-refractivity contribution >= 4 is 28.8 Å². The Morgan fingerprint density at radius 1 is 1.17 bits per heavy atom. The fraction of sp³-hybridized carbons (Fsp3) is 0.158. The second-order valence-corrected chi connectivity index (χ2v) is 7.03. The van der Waals surface area contributed by atoms with Gasteiger partial charge in [-0.2, -0.15) is 0 Å². The van der Waals surface area contributed by atoms with E-state index in [9.17, 15) is 4.79 Å². The number of hydrogen-bond acceptors (Lipinski definition) is 3. The van der Waals surface area contributed by atoms with E-state index in [1.165, 1.54) is 11.3 Å². The molecule has 0 saturated carbocycles. The molecule has 0 bridgehead atoms. The molecular weight excluding hydrogens is 340 g/mol. The molecule has 0 radical (unpaired) electrons. The topological polar surface area (TPSA) is 33.2 Å². The second-order valence-electron chi connectivity index (χ2n) is 5.59. The monoisotopic (exact) mass is 356 g/mol. The number of rotatable bonds is 4. The first-order valence-corrected chi connectivity index (χ1v) is 8.77. The van der Waals surface area contributed by atoms with Gasteiger partial charge in [0.1, 0.15) is 9.88 Å². The van der Waals surface area contributed by atoms with Gasteiger partial charge in [0.15, 0.2) is 0 Å². The van der Waals surface area contributed by atoms with E-state index in [0.29, 0.717) is 16.4 Å². The highest BCUT2D eigenvalue weighted by Gasteiger charge is 2.19. The fourth-order valence-electron chi connectivity index (χ4n) is 2.44. The van der Waals surface area contributed by atoms with E-state index in [-0.39, 0.29) is 5.91 Å². The summed E-state index contributed by atoms with van der Waals surface area (Å²) in [6.45, 7) is 2.44. The van der Waals surface area contributed by atoms with E-state index in [2.05, 4.69) is 4.98 Å². The van der Waals surface area contributed by atoms with Crippen LogP contribution in [0.25, 0.3) is 10.6 Å². The van der Waals surface area contributed by atoms with Crippen molar-refractivity contribution in [1.82, 2.24) is 9.88 Å². The molecule has 122 valence electrons. The predicted octanol–water partition coefficient (Wildman–Crippen LogP) is 5.04. The standard InChI is InChI=1S/C19H17ClN2OS/c1-13-17(19(23)22(2)12-14-7-4-3-5-8-14)24-18(21-13)15-9-6-10-16(20)11-15/h3-11H,12H2,1-2H3. The van der Waals surface area contributed by atoms with E-state index < -0.39 is 0 Å². The zero-order chi connectivity index (χ0) is 17.1. The Labute approximate surface area is 150 Å². The first kappa shape index (κ1) is 16.7. The Morgan fingerprint density at radius 3 is 2.62 bits per heavy atom. The van der Waals surface area contributed by atoms with Gasteiger partial charge in [0.25, 0.3) is 5.91 Å². The van der Waals surface area contributed by atoms with Gasteiger partial charge in [-0.3, -0.25) is 4.79 Å². The molecule has 0 spiro atoms. The number of aryl methyl sites for hydroxylation is 1. The molecule has 1 heterocycles. The minimum absolute atomic E-state index is 0.0119. The van der Waals surface area contributed by atoms with Crippen molar-refractivity contribution in [2.75, 3.05) is 7.05 Å². The van der Waals surface area contributed by atoms with Gasteiger partial charge >= 0.3 is 0 Å². The van der Waals surface area contributed by atoms with Crippen LogP contribution in [0.2, 0.25) is 5.02 Å². The predicted molar refractivity (Wildman–Crippen MR) is 99.5 cm³/mol.